The van der Waals surface area contributed by atoms with Crippen molar-refractivity contribution in [3.8, 4) is 0 Å². The largest absolute Gasteiger partial charge is 0.394 e. The number of amides is 1. The van der Waals surface area contributed by atoms with E-state index >= 15 is 0 Å². The van der Waals surface area contributed by atoms with E-state index in [2.05, 4.69) is 55.6 Å². The Kier molecular flexibility index (Phi) is 58.2. The highest BCUT2D eigenvalue weighted by Crippen LogP contribution is 2.18. The molecule has 0 saturated heterocycles. The van der Waals surface area contributed by atoms with Crippen molar-refractivity contribution in [3.63, 3.8) is 0 Å². The zero-order valence-electron chi connectivity index (χ0n) is 46.1. The van der Waals surface area contributed by atoms with Crippen LogP contribution in [0.25, 0.3) is 0 Å². The summed E-state index contributed by atoms with van der Waals surface area (Å²) in [6.45, 7) is 4.32. The molecule has 4 heteroatoms. The van der Waals surface area contributed by atoms with Gasteiger partial charge in [-0.3, -0.25) is 4.79 Å². The number of allylic oxidation sites excluding steroid dienone is 7. The number of unbranched alkanes of at least 4 members (excludes halogenated alkanes) is 44. The summed E-state index contributed by atoms with van der Waals surface area (Å²) in [6.07, 6.45) is 83.0. The lowest BCUT2D eigenvalue weighted by molar-refractivity contribution is -0.123. The topological polar surface area (TPSA) is 69.6 Å². The first-order chi connectivity index (χ1) is 33.7. The first kappa shape index (κ1) is 66.3. The molecule has 0 aromatic carbocycles. The molecule has 0 saturated carbocycles. The summed E-state index contributed by atoms with van der Waals surface area (Å²) in [5.41, 5.74) is 0. The molecule has 0 aromatic rings. The highest BCUT2D eigenvalue weighted by molar-refractivity contribution is 5.76. The molecule has 68 heavy (non-hydrogen) atoms. The average molecular weight is 953 g/mol. The molecule has 400 valence electrons. The van der Waals surface area contributed by atoms with Gasteiger partial charge in [0.25, 0.3) is 0 Å². The van der Waals surface area contributed by atoms with E-state index in [4.69, 9.17) is 0 Å². The third-order valence-corrected chi connectivity index (χ3v) is 14.3. The fraction of sp³-hybridized carbons (Fsp3) is 0.859. The van der Waals surface area contributed by atoms with Gasteiger partial charge in [-0.1, -0.05) is 313 Å². The van der Waals surface area contributed by atoms with Gasteiger partial charge in [0.2, 0.25) is 5.91 Å². The summed E-state index contributed by atoms with van der Waals surface area (Å²) < 4.78 is 0. The second-order valence-electron chi connectivity index (χ2n) is 21.1. The number of carbonyl (C=O) groups excluding carboxylic acids is 1. The molecule has 0 aromatic heterocycles. The van der Waals surface area contributed by atoms with Gasteiger partial charge in [-0.2, -0.15) is 0 Å². The molecular weight excluding hydrogens is 831 g/mol. The molecule has 2 unspecified atom stereocenters. The van der Waals surface area contributed by atoms with Gasteiger partial charge in [0.1, 0.15) is 0 Å². The van der Waals surface area contributed by atoms with E-state index in [9.17, 15) is 15.0 Å². The third-order valence-electron chi connectivity index (χ3n) is 14.3. The number of rotatable bonds is 57. The van der Waals surface area contributed by atoms with Gasteiger partial charge in [-0.15, -0.1) is 0 Å². The molecule has 4 nitrogen and oxygen atoms in total. The number of carbonyl (C=O) groups is 1. The van der Waals surface area contributed by atoms with Crippen LogP contribution in [0.2, 0.25) is 0 Å². The van der Waals surface area contributed by atoms with Crippen molar-refractivity contribution in [3.05, 3.63) is 48.6 Å². The van der Waals surface area contributed by atoms with Crippen molar-refractivity contribution in [1.29, 1.82) is 0 Å². The maximum atomic E-state index is 12.5. The van der Waals surface area contributed by atoms with Gasteiger partial charge < -0.3 is 15.5 Å². The van der Waals surface area contributed by atoms with Crippen LogP contribution < -0.4 is 5.32 Å². The van der Waals surface area contributed by atoms with E-state index in [1.54, 1.807) is 6.08 Å². The van der Waals surface area contributed by atoms with Gasteiger partial charge in [-0.25, -0.2) is 0 Å². The molecule has 0 heterocycles. The Morgan fingerprint density at radius 3 is 0.941 bits per heavy atom. The van der Waals surface area contributed by atoms with Crippen molar-refractivity contribution in [2.24, 2.45) is 0 Å². The highest BCUT2D eigenvalue weighted by atomic mass is 16.3. The smallest absolute Gasteiger partial charge is 0.220 e. The molecule has 0 bridgehead atoms. The lowest BCUT2D eigenvalue weighted by Crippen LogP contribution is -2.45. The van der Waals surface area contributed by atoms with Gasteiger partial charge >= 0.3 is 0 Å². The van der Waals surface area contributed by atoms with Crippen LogP contribution >= 0.6 is 0 Å². The summed E-state index contributed by atoms with van der Waals surface area (Å²) in [6, 6.07) is -0.639. The van der Waals surface area contributed by atoms with Crippen LogP contribution in [-0.4, -0.2) is 34.9 Å². The Hall–Kier alpha value is -1.65. The van der Waals surface area contributed by atoms with Crippen molar-refractivity contribution in [2.45, 2.75) is 347 Å². The van der Waals surface area contributed by atoms with Crippen molar-refractivity contribution in [1.82, 2.24) is 5.32 Å². The summed E-state index contributed by atoms with van der Waals surface area (Å²) in [4.78, 5) is 12.5. The van der Waals surface area contributed by atoms with E-state index in [0.29, 0.717) is 6.42 Å². The first-order valence-corrected chi connectivity index (χ1v) is 30.9. The van der Waals surface area contributed by atoms with Crippen molar-refractivity contribution >= 4 is 5.91 Å². The molecular formula is C64H121NO3. The number of hydrogen-bond acceptors (Lipinski definition) is 3. The number of hydrogen-bond donors (Lipinski definition) is 3. The van der Waals surface area contributed by atoms with Gasteiger partial charge in [0.05, 0.1) is 18.8 Å². The minimum absolute atomic E-state index is 0.0680. The molecule has 0 aliphatic rings. The minimum atomic E-state index is -0.862. The standard InChI is InChI=1S/C64H121NO3/c1-3-5-7-9-11-13-15-17-19-21-23-25-27-28-29-30-31-32-33-34-35-36-38-40-42-44-46-48-50-52-54-56-58-60-64(68)65-62(61-66)63(67)59-57-55-53-51-49-47-45-43-41-39-37-26-24-22-20-18-16-14-12-10-8-6-4-2/h15,17,21,23,49,51,57,59,62-63,66-67H,3-14,16,18-20,22,24-48,50,52-56,58,60-61H2,1-2H3,(H,65,68)/b17-15-,23-21-,51-49+,59-57+. The van der Waals surface area contributed by atoms with E-state index in [-0.39, 0.29) is 12.5 Å². The average Bonchev–Trinajstić information content (AvgIpc) is 3.34. The summed E-state index contributed by atoms with van der Waals surface area (Å²) in [5, 5.41) is 23.2. The Bertz CT molecular complexity index is 1080. The predicted molar refractivity (Wildman–Crippen MR) is 304 cm³/mol. The van der Waals surface area contributed by atoms with Crippen LogP contribution in [0.3, 0.4) is 0 Å². The fourth-order valence-electron chi connectivity index (χ4n) is 9.58. The number of aliphatic hydroxyl groups is 2. The molecule has 1 amide bonds. The summed E-state index contributed by atoms with van der Waals surface area (Å²) in [7, 11) is 0. The van der Waals surface area contributed by atoms with Gasteiger partial charge in [-0.05, 0) is 64.2 Å². The Labute approximate surface area is 426 Å². The van der Waals surface area contributed by atoms with Crippen LogP contribution in [0.5, 0.6) is 0 Å². The lowest BCUT2D eigenvalue weighted by Gasteiger charge is -2.19. The molecule has 0 spiro atoms. The van der Waals surface area contributed by atoms with E-state index in [1.807, 2.05) is 6.08 Å². The summed E-state index contributed by atoms with van der Waals surface area (Å²) in [5.74, 6) is -0.0680. The van der Waals surface area contributed by atoms with Gasteiger partial charge in [0.15, 0.2) is 0 Å². The Morgan fingerprint density at radius 1 is 0.353 bits per heavy atom. The van der Waals surface area contributed by atoms with E-state index in [1.165, 1.54) is 276 Å². The molecule has 3 N–H and O–H groups in total. The zero-order chi connectivity index (χ0) is 49.2. The van der Waals surface area contributed by atoms with Crippen molar-refractivity contribution < 1.29 is 15.0 Å². The molecule has 0 aliphatic heterocycles. The summed E-state index contributed by atoms with van der Waals surface area (Å²) >= 11 is 0. The normalized spacial score (nSPS) is 13.1. The monoisotopic (exact) mass is 952 g/mol. The van der Waals surface area contributed by atoms with Crippen LogP contribution in [0.15, 0.2) is 48.6 Å². The SMILES string of the molecule is CCCCCCC/C=C\C/C=C\CCCCCCCCCCCCCCCCCCCCCCCC(=O)NC(CO)C(O)/C=C/CC/C=C/CCCCCCCCCCCCCCCCCCC. The van der Waals surface area contributed by atoms with Crippen LogP contribution in [0.1, 0.15) is 335 Å². The second-order valence-corrected chi connectivity index (χ2v) is 21.1. The molecule has 0 rings (SSSR count). The minimum Gasteiger partial charge on any atom is -0.394 e. The molecule has 0 aliphatic carbocycles. The molecule has 2 atom stereocenters. The van der Waals surface area contributed by atoms with Crippen LogP contribution in [0, 0.1) is 0 Å². The zero-order valence-corrected chi connectivity index (χ0v) is 46.1. The molecule has 0 radical (unpaired) electrons. The maximum Gasteiger partial charge on any atom is 0.220 e. The second kappa shape index (κ2) is 59.7. The van der Waals surface area contributed by atoms with E-state index < -0.39 is 12.1 Å². The Morgan fingerprint density at radius 2 is 0.618 bits per heavy atom. The van der Waals surface area contributed by atoms with Gasteiger partial charge in [0, 0.05) is 6.42 Å². The van der Waals surface area contributed by atoms with Crippen LogP contribution in [0.4, 0.5) is 0 Å². The maximum absolute atomic E-state index is 12.5. The third kappa shape index (κ3) is 55.3. The predicted octanol–water partition coefficient (Wildman–Crippen LogP) is 20.6. The molecule has 0 fully saturated rings. The number of aliphatic hydroxyl groups excluding tert-OH is 2. The van der Waals surface area contributed by atoms with E-state index in [0.717, 1.165) is 38.5 Å². The number of nitrogens with one attached hydrogen (secondary N) is 1. The van der Waals surface area contributed by atoms with Crippen LogP contribution in [-0.2, 0) is 4.79 Å². The fourth-order valence-corrected chi connectivity index (χ4v) is 9.58. The highest BCUT2D eigenvalue weighted by Gasteiger charge is 2.18. The lowest BCUT2D eigenvalue weighted by atomic mass is 10.0. The Balaban J connectivity index is 3.47. The van der Waals surface area contributed by atoms with Crippen molar-refractivity contribution in [2.75, 3.05) is 6.61 Å². The first-order valence-electron chi connectivity index (χ1n) is 30.9. The quantitative estimate of drug-likeness (QED) is 0.0420.